The van der Waals surface area contributed by atoms with E-state index in [4.69, 9.17) is 5.11 Å². The highest BCUT2D eigenvalue weighted by molar-refractivity contribution is 7.98. The van der Waals surface area contributed by atoms with Crippen molar-refractivity contribution in [2.24, 2.45) is 5.92 Å². The highest BCUT2D eigenvalue weighted by Crippen LogP contribution is 2.17. The van der Waals surface area contributed by atoms with Crippen LogP contribution in [0, 0.1) is 5.92 Å². The predicted octanol–water partition coefficient (Wildman–Crippen LogP) is 0.567. The Kier molecular flexibility index (Phi) is 6.84. The number of rotatable bonds is 6. The number of hydrogen-bond acceptors (Lipinski definition) is 4. The first-order valence-corrected chi connectivity index (χ1v) is 8.12. The van der Waals surface area contributed by atoms with Crippen molar-refractivity contribution >= 4 is 29.5 Å². The van der Waals surface area contributed by atoms with Crippen molar-refractivity contribution in [1.82, 2.24) is 10.2 Å². The van der Waals surface area contributed by atoms with Crippen LogP contribution in [0.1, 0.15) is 26.2 Å². The van der Waals surface area contributed by atoms with E-state index in [-0.39, 0.29) is 17.7 Å². The Balaban J connectivity index is 2.55. The van der Waals surface area contributed by atoms with Gasteiger partial charge in [-0.2, -0.15) is 11.8 Å². The van der Waals surface area contributed by atoms with E-state index < -0.39 is 12.0 Å². The number of carbonyl (C=O) groups excluding carboxylic acids is 2. The monoisotopic (exact) mass is 302 g/mol. The molecule has 114 valence electrons. The van der Waals surface area contributed by atoms with Gasteiger partial charge in [0.2, 0.25) is 11.8 Å². The van der Waals surface area contributed by atoms with E-state index in [2.05, 4.69) is 5.32 Å². The predicted molar refractivity (Wildman–Crippen MR) is 77.5 cm³/mol. The number of amides is 2. The van der Waals surface area contributed by atoms with Gasteiger partial charge in [-0.15, -0.1) is 0 Å². The van der Waals surface area contributed by atoms with Gasteiger partial charge in [0.1, 0.15) is 6.04 Å². The van der Waals surface area contributed by atoms with Crippen LogP contribution >= 0.6 is 11.8 Å². The number of carbonyl (C=O) groups is 3. The average Bonchev–Trinajstić information content (AvgIpc) is 2.42. The summed E-state index contributed by atoms with van der Waals surface area (Å²) in [6.45, 7) is 2.54. The molecule has 7 heteroatoms. The molecular formula is C13H22N2O4S. The highest BCUT2D eigenvalue weighted by atomic mass is 32.2. The summed E-state index contributed by atoms with van der Waals surface area (Å²) in [5.74, 6) is -0.930. The Labute approximate surface area is 123 Å². The molecule has 2 amide bonds. The Morgan fingerprint density at radius 1 is 1.45 bits per heavy atom. The van der Waals surface area contributed by atoms with Crippen molar-refractivity contribution in [3.05, 3.63) is 0 Å². The summed E-state index contributed by atoms with van der Waals surface area (Å²) in [5, 5.41) is 11.7. The smallest absolute Gasteiger partial charge is 0.326 e. The normalized spacial score (nSPS) is 20.3. The van der Waals surface area contributed by atoms with Gasteiger partial charge in [0, 0.05) is 20.0 Å². The van der Waals surface area contributed by atoms with Gasteiger partial charge in [-0.25, -0.2) is 4.79 Å². The van der Waals surface area contributed by atoms with Crippen LogP contribution in [-0.4, -0.2) is 58.9 Å². The number of aliphatic carboxylic acids is 1. The zero-order valence-corrected chi connectivity index (χ0v) is 12.7. The fourth-order valence-corrected chi connectivity index (χ4v) is 2.73. The Bertz CT molecular complexity index is 375. The maximum Gasteiger partial charge on any atom is 0.326 e. The minimum Gasteiger partial charge on any atom is -0.480 e. The van der Waals surface area contributed by atoms with Gasteiger partial charge in [-0.05, 0) is 31.3 Å². The fourth-order valence-electron chi connectivity index (χ4n) is 2.26. The summed E-state index contributed by atoms with van der Waals surface area (Å²) in [6, 6.07) is -0.845. The van der Waals surface area contributed by atoms with Gasteiger partial charge < -0.3 is 15.3 Å². The second-order valence-corrected chi connectivity index (χ2v) is 5.97. The lowest BCUT2D eigenvalue weighted by Gasteiger charge is -2.31. The second kappa shape index (κ2) is 8.14. The third-order valence-electron chi connectivity index (χ3n) is 3.46. The summed E-state index contributed by atoms with van der Waals surface area (Å²) in [5.41, 5.74) is 0. The van der Waals surface area contributed by atoms with E-state index in [1.807, 2.05) is 6.26 Å². The summed E-state index contributed by atoms with van der Waals surface area (Å²) >= 11 is 1.55. The molecular weight excluding hydrogens is 280 g/mol. The first-order chi connectivity index (χ1) is 9.45. The number of hydrogen-bond donors (Lipinski definition) is 2. The van der Waals surface area contributed by atoms with E-state index in [9.17, 15) is 14.4 Å². The van der Waals surface area contributed by atoms with Crippen LogP contribution in [0.15, 0.2) is 0 Å². The maximum atomic E-state index is 12.1. The zero-order chi connectivity index (χ0) is 15.1. The van der Waals surface area contributed by atoms with Gasteiger partial charge in [0.15, 0.2) is 0 Å². The number of carboxylic acid groups (broad SMARTS) is 1. The van der Waals surface area contributed by atoms with E-state index in [1.54, 1.807) is 16.7 Å². The second-order valence-electron chi connectivity index (χ2n) is 4.99. The SMILES string of the molecule is CSCC[C@H](NC(=O)C1CCCN(C(C)=O)C1)C(=O)O. The van der Waals surface area contributed by atoms with Crippen molar-refractivity contribution in [2.75, 3.05) is 25.1 Å². The Morgan fingerprint density at radius 3 is 2.70 bits per heavy atom. The Hall–Kier alpha value is -1.24. The molecule has 1 saturated heterocycles. The lowest BCUT2D eigenvalue weighted by atomic mass is 9.96. The van der Waals surface area contributed by atoms with Crippen molar-refractivity contribution in [3.8, 4) is 0 Å². The molecule has 2 N–H and O–H groups in total. The van der Waals surface area contributed by atoms with E-state index in [0.717, 1.165) is 6.42 Å². The zero-order valence-electron chi connectivity index (χ0n) is 11.9. The number of piperidine rings is 1. The van der Waals surface area contributed by atoms with Gasteiger partial charge in [-0.1, -0.05) is 0 Å². The quantitative estimate of drug-likeness (QED) is 0.749. The maximum absolute atomic E-state index is 12.1. The molecule has 1 unspecified atom stereocenters. The average molecular weight is 302 g/mol. The van der Waals surface area contributed by atoms with Crippen LogP contribution in [0.25, 0.3) is 0 Å². The molecule has 0 aromatic rings. The van der Waals surface area contributed by atoms with E-state index in [1.165, 1.54) is 6.92 Å². The molecule has 1 heterocycles. The number of thioether (sulfide) groups is 1. The minimum absolute atomic E-state index is 0.0420. The van der Waals surface area contributed by atoms with Crippen LogP contribution in [0.4, 0.5) is 0 Å². The molecule has 0 radical (unpaired) electrons. The summed E-state index contributed by atoms with van der Waals surface area (Å²) in [7, 11) is 0. The van der Waals surface area contributed by atoms with Gasteiger partial charge in [0.25, 0.3) is 0 Å². The van der Waals surface area contributed by atoms with Gasteiger partial charge in [0.05, 0.1) is 5.92 Å². The molecule has 0 spiro atoms. The van der Waals surface area contributed by atoms with Crippen molar-refractivity contribution in [2.45, 2.75) is 32.2 Å². The molecule has 0 aromatic heterocycles. The van der Waals surface area contributed by atoms with Crippen LogP contribution in [0.3, 0.4) is 0 Å². The van der Waals surface area contributed by atoms with Crippen molar-refractivity contribution in [1.29, 1.82) is 0 Å². The number of nitrogens with one attached hydrogen (secondary N) is 1. The molecule has 20 heavy (non-hydrogen) atoms. The van der Waals surface area contributed by atoms with Gasteiger partial charge >= 0.3 is 5.97 Å². The molecule has 0 aliphatic carbocycles. The summed E-state index contributed by atoms with van der Waals surface area (Å²) < 4.78 is 0. The topological polar surface area (TPSA) is 86.7 Å². The molecule has 0 bridgehead atoms. The standard InChI is InChI=1S/C13H22N2O4S/c1-9(16)15-6-3-4-10(8-15)12(17)14-11(13(18)19)5-7-20-2/h10-11H,3-8H2,1-2H3,(H,14,17)(H,18,19)/t10?,11-/m0/s1. The third kappa shape index (κ3) is 5.03. The number of nitrogens with zero attached hydrogens (tertiary/aromatic N) is 1. The number of likely N-dealkylation sites (tertiary alicyclic amines) is 1. The number of carboxylic acids is 1. The van der Waals surface area contributed by atoms with Crippen LogP contribution in [0.2, 0.25) is 0 Å². The lowest BCUT2D eigenvalue weighted by molar-refractivity contribution is -0.143. The van der Waals surface area contributed by atoms with Crippen LogP contribution in [0.5, 0.6) is 0 Å². The van der Waals surface area contributed by atoms with Crippen LogP contribution in [-0.2, 0) is 14.4 Å². The van der Waals surface area contributed by atoms with E-state index >= 15 is 0 Å². The Morgan fingerprint density at radius 2 is 2.15 bits per heavy atom. The van der Waals surface area contributed by atoms with Gasteiger partial charge in [-0.3, -0.25) is 9.59 Å². The molecule has 1 aliphatic rings. The third-order valence-corrected chi connectivity index (χ3v) is 4.11. The molecule has 6 nitrogen and oxygen atoms in total. The van der Waals surface area contributed by atoms with Crippen molar-refractivity contribution < 1.29 is 19.5 Å². The molecule has 0 saturated carbocycles. The fraction of sp³-hybridized carbons (Fsp3) is 0.769. The molecule has 1 aliphatic heterocycles. The molecule has 1 fully saturated rings. The lowest BCUT2D eigenvalue weighted by Crippen LogP contribution is -2.49. The van der Waals surface area contributed by atoms with Crippen LogP contribution < -0.4 is 5.32 Å². The minimum atomic E-state index is -1.01. The first-order valence-electron chi connectivity index (χ1n) is 6.73. The summed E-state index contributed by atoms with van der Waals surface area (Å²) in [6.07, 6.45) is 3.78. The largest absolute Gasteiger partial charge is 0.480 e. The summed E-state index contributed by atoms with van der Waals surface area (Å²) in [4.78, 5) is 36.2. The van der Waals surface area contributed by atoms with Crippen molar-refractivity contribution in [3.63, 3.8) is 0 Å². The highest BCUT2D eigenvalue weighted by Gasteiger charge is 2.29. The molecule has 1 rings (SSSR count). The first kappa shape index (κ1) is 16.8. The van der Waals surface area contributed by atoms with E-state index in [0.29, 0.717) is 31.7 Å². The molecule has 2 atom stereocenters. The molecule has 0 aromatic carbocycles.